The van der Waals surface area contributed by atoms with E-state index in [0.717, 1.165) is 10.0 Å². The van der Waals surface area contributed by atoms with Crippen molar-refractivity contribution in [1.29, 1.82) is 0 Å². The highest BCUT2D eigenvalue weighted by Crippen LogP contribution is 2.17. The van der Waals surface area contributed by atoms with Gasteiger partial charge in [-0.1, -0.05) is 28.1 Å². The number of hydrogen-bond acceptors (Lipinski definition) is 2. The fourth-order valence-electron chi connectivity index (χ4n) is 1.20. The highest BCUT2D eigenvalue weighted by Gasteiger charge is 2.29. The van der Waals surface area contributed by atoms with E-state index < -0.39 is 24.9 Å². The Balaban J connectivity index is 2.47. The number of alkyl carbamates (subject to hydrolysis) is 1. The third-order valence-electron chi connectivity index (χ3n) is 2.07. The Morgan fingerprint density at radius 1 is 1.39 bits per heavy atom. The van der Waals surface area contributed by atoms with Gasteiger partial charge in [0, 0.05) is 4.47 Å². The second-order valence-corrected chi connectivity index (χ2v) is 4.52. The smallest absolute Gasteiger partial charge is 0.422 e. The zero-order valence-electron chi connectivity index (χ0n) is 9.42. The van der Waals surface area contributed by atoms with Gasteiger partial charge in [0.15, 0.2) is 6.61 Å². The lowest BCUT2D eigenvalue weighted by Crippen LogP contribution is -2.30. The summed E-state index contributed by atoms with van der Waals surface area (Å²) in [6.45, 7) is 0.0595. The number of rotatable bonds is 3. The molecule has 1 aromatic rings. The Kier molecular flexibility index (Phi) is 5.01. The van der Waals surface area contributed by atoms with Crippen molar-refractivity contribution in [2.45, 2.75) is 19.1 Å². The molecule has 1 amide bonds. The van der Waals surface area contributed by atoms with Gasteiger partial charge >= 0.3 is 12.3 Å². The lowest BCUT2D eigenvalue weighted by Gasteiger charge is -2.15. The standard InChI is InChI=1S/C11H11BrF3NO2/c1-7(8-2-4-9(12)5-3-8)16-10(17)18-6-11(13,14)15/h2-5,7H,6H2,1H3,(H,16,17)/t7-/m0/s1. The Bertz CT molecular complexity index is 406. The first-order chi connectivity index (χ1) is 8.28. The molecular weight excluding hydrogens is 315 g/mol. The van der Waals surface area contributed by atoms with Crippen LogP contribution in [-0.4, -0.2) is 18.9 Å². The Morgan fingerprint density at radius 3 is 2.44 bits per heavy atom. The van der Waals surface area contributed by atoms with Crippen LogP contribution in [0.3, 0.4) is 0 Å². The van der Waals surface area contributed by atoms with E-state index in [1.54, 1.807) is 31.2 Å². The van der Waals surface area contributed by atoms with Crippen molar-refractivity contribution in [1.82, 2.24) is 5.32 Å². The predicted molar refractivity (Wildman–Crippen MR) is 63.1 cm³/mol. The summed E-state index contributed by atoms with van der Waals surface area (Å²) >= 11 is 3.26. The SMILES string of the molecule is C[C@H](NC(=O)OCC(F)(F)F)c1ccc(Br)cc1. The van der Waals surface area contributed by atoms with E-state index in [9.17, 15) is 18.0 Å². The van der Waals surface area contributed by atoms with Gasteiger partial charge in [-0.3, -0.25) is 0 Å². The third-order valence-corrected chi connectivity index (χ3v) is 2.60. The number of hydrogen-bond donors (Lipinski definition) is 1. The lowest BCUT2D eigenvalue weighted by molar-refractivity contribution is -0.160. The van der Waals surface area contributed by atoms with Gasteiger partial charge in [0.1, 0.15) is 0 Å². The lowest BCUT2D eigenvalue weighted by atomic mass is 10.1. The van der Waals surface area contributed by atoms with E-state index in [1.807, 2.05) is 0 Å². The van der Waals surface area contributed by atoms with Crippen molar-refractivity contribution in [3.05, 3.63) is 34.3 Å². The number of ether oxygens (including phenoxy) is 1. The first kappa shape index (κ1) is 14.8. The summed E-state index contributed by atoms with van der Waals surface area (Å²) in [6.07, 6.45) is -5.61. The molecule has 0 spiro atoms. The molecule has 3 nitrogen and oxygen atoms in total. The summed E-state index contributed by atoms with van der Waals surface area (Å²) in [4.78, 5) is 11.1. The highest BCUT2D eigenvalue weighted by atomic mass is 79.9. The summed E-state index contributed by atoms with van der Waals surface area (Å²) in [6, 6.07) is 6.61. The van der Waals surface area contributed by atoms with Gasteiger partial charge in [-0.15, -0.1) is 0 Å². The van der Waals surface area contributed by atoms with E-state index in [2.05, 4.69) is 26.0 Å². The number of amides is 1. The summed E-state index contributed by atoms with van der Waals surface area (Å²) < 4.78 is 40.3. The number of nitrogens with one attached hydrogen (secondary N) is 1. The maximum atomic E-state index is 11.8. The minimum Gasteiger partial charge on any atom is -0.440 e. The van der Waals surface area contributed by atoms with Crippen LogP contribution in [-0.2, 0) is 4.74 Å². The third kappa shape index (κ3) is 5.39. The highest BCUT2D eigenvalue weighted by molar-refractivity contribution is 9.10. The molecule has 0 aliphatic rings. The first-order valence-electron chi connectivity index (χ1n) is 5.03. The number of benzene rings is 1. The molecule has 0 unspecified atom stereocenters. The fraction of sp³-hybridized carbons (Fsp3) is 0.364. The molecule has 7 heteroatoms. The summed E-state index contributed by atoms with van der Waals surface area (Å²) in [7, 11) is 0. The van der Waals surface area contributed by atoms with Crippen molar-refractivity contribution in [2.75, 3.05) is 6.61 Å². The van der Waals surface area contributed by atoms with Crippen LogP contribution in [0.25, 0.3) is 0 Å². The van der Waals surface area contributed by atoms with Crippen LogP contribution in [0, 0.1) is 0 Å². The van der Waals surface area contributed by atoms with E-state index in [0.29, 0.717) is 0 Å². The van der Waals surface area contributed by atoms with Gasteiger partial charge in [0.05, 0.1) is 6.04 Å². The maximum absolute atomic E-state index is 11.8. The molecule has 1 N–H and O–H groups in total. The van der Waals surface area contributed by atoms with Gasteiger partial charge in [-0.2, -0.15) is 13.2 Å². The van der Waals surface area contributed by atoms with E-state index in [4.69, 9.17) is 0 Å². The van der Waals surface area contributed by atoms with Crippen molar-refractivity contribution in [3.8, 4) is 0 Å². The van der Waals surface area contributed by atoms with Gasteiger partial charge in [0.25, 0.3) is 0 Å². The molecule has 1 atom stereocenters. The normalized spacial score (nSPS) is 12.9. The van der Waals surface area contributed by atoms with Crippen LogP contribution in [0.4, 0.5) is 18.0 Å². The topological polar surface area (TPSA) is 38.3 Å². The average molecular weight is 326 g/mol. The molecule has 100 valence electrons. The molecule has 0 heterocycles. The molecule has 0 aliphatic carbocycles. The minimum atomic E-state index is -4.52. The molecule has 0 aliphatic heterocycles. The average Bonchev–Trinajstić information content (AvgIpc) is 2.26. The maximum Gasteiger partial charge on any atom is 0.422 e. The Hall–Kier alpha value is -1.24. The summed E-state index contributed by atoms with van der Waals surface area (Å²) in [5.74, 6) is 0. The minimum absolute atomic E-state index is 0.432. The Labute approximate surface area is 110 Å². The monoisotopic (exact) mass is 325 g/mol. The number of alkyl halides is 3. The molecule has 1 rings (SSSR count). The number of carbonyl (C=O) groups excluding carboxylic acids is 1. The summed E-state index contributed by atoms with van der Waals surface area (Å²) in [5, 5.41) is 2.31. The van der Waals surface area contributed by atoms with Crippen LogP contribution in [0.5, 0.6) is 0 Å². The molecule has 1 aromatic carbocycles. The van der Waals surface area contributed by atoms with Crippen LogP contribution < -0.4 is 5.32 Å². The molecular formula is C11H11BrF3NO2. The van der Waals surface area contributed by atoms with Gasteiger partial charge in [-0.25, -0.2) is 4.79 Å². The van der Waals surface area contributed by atoms with Crippen LogP contribution in [0.1, 0.15) is 18.5 Å². The van der Waals surface area contributed by atoms with Gasteiger partial charge < -0.3 is 10.1 Å². The van der Waals surface area contributed by atoms with E-state index in [1.165, 1.54) is 0 Å². The fourth-order valence-corrected chi connectivity index (χ4v) is 1.46. The quantitative estimate of drug-likeness (QED) is 0.918. The van der Waals surface area contributed by atoms with E-state index in [-0.39, 0.29) is 0 Å². The first-order valence-corrected chi connectivity index (χ1v) is 5.83. The van der Waals surface area contributed by atoms with Crippen LogP contribution >= 0.6 is 15.9 Å². The van der Waals surface area contributed by atoms with E-state index >= 15 is 0 Å². The van der Waals surface area contributed by atoms with Gasteiger partial charge in [0.2, 0.25) is 0 Å². The zero-order valence-corrected chi connectivity index (χ0v) is 11.0. The van der Waals surface area contributed by atoms with Crippen molar-refractivity contribution >= 4 is 22.0 Å². The molecule has 0 saturated heterocycles. The molecule has 18 heavy (non-hydrogen) atoms. The molecule has 0 fully saturated rings. The Morgan fingerprint density at radius 2 is 1.94 bits per heavy atom. The second kappa shape index (κ2) is 6.08. The predicted octanol–water partition coefficient (Wildman–Crippen LogP) is 3.80. The van der Waals surface area contributed by atoms with Crippen molar-refractivity contribution in [3.63, 3.8) is 0 Å². The summed E-state index contributed by atoms with van der Waals surface area (Å²) in [5.41, 5.74) is 0.766. The molecule has 0 aromatic heterocycles. The number of halogens is 4. The number of carbonyl (C=O) groups is 1. The molecule has 0 saturated carbocycles. The second-order valence-electron chi connectivity index (χ2n) is 3.61. The van der Waals surface area contributed by atoms with Crippen molar-refractivity contribution < 1.29 is 22.7 Å². The van der Waals surface area contributed by atoms with Crippen molar-refractivity contribution in [2.24, 2.45) is 0 Å². The van der Waals surface area contributed by atoms with Crippen LogP contribution in [0.15, 0.2) is 28.7 Å². The van der Waals surface area contributed by atoms with Gasteiger partial charge in [-0.05, 0) is 24.6 Å². The van der Waals surface area contributed by atoms with Crippen LogP contribution in [0.2, 0.25) is 0 Å². The largest absolute Gasteiger partial charge is 0.440 e. The molecule has 0 radical (unpaired) electrons. The molecule has 0 bridgehead atoms. The zero-order chi connectivity index (χ0) is 13.8.